The molecule has 170 valence electrons. The van der Waals surface area contributed by atoms with E-state index in [0.717, 1.165) is 11.1 Å². The molecule has 3 aliphatic rings. The zero-order chi connectivity index (χ0) is 23.9. The zero-order valence-corrected chi connectivity index (χ0v) is 19.1. The fourth-order valence-corrected chi connectivity index (χ4v) is 5.43. The number of amides is 1. The molecule has 1 atom stereocenters. The summed E-state index contributed by atoms with van der Waals surface area (Å²) in [5.74, 6) is -1.21. The van der Waals surface area contributed by atoms with Crippen LogP contribution in [0.25, 0.3) is 5.57 Å². The van der Waals surface area contributed by atoms with Crippen molar-refractivity contribution in [3.63, 3.8) is 0 Å². The molecule has 2 N–H and O–H groups in total. The number of anilines is 1. The van der Waals surface area contributed by atoms with E-state index < -0.39 is 28.5 Å². The number of nitrogens with two attached hydrogens (primary N) is 1. The van der Waals surface area contributed by atoms with Crippen molar-refractivity contribution < 1.29 is 23.5 Å². The number of hydrogen-bond donors (Lipinski definition) is 1. The summed E-state index contributed by atoms with van der Waals surface area (Å²) in [4.78, 5) is 42.7. The summed E-state index contributed by atoms with van der Waals surface area (Å²) in [5.41, 5.74) is 5.54. The molecule has 8 nitrogen and oxygen atoms in total. The van der Waals surface area contributed by atoms with Crippen LogP contribution in [0, 0.1) is 6.92 Å². The maximum Gasteiger partial charge on any atom is 0.344 e. The molecule has 0 bridgehead atoms. The first-order valence-corrected chi connectivity index (χ1v) is 10.7. The molecule has 1 amide bonds. The molecule has 0 fully saturated rings. The Hall–Kier alpha value is -3.81. The van der Waals surface area contributed by atoms with Gasteiger partial charge in [0.05, 0.1) is 17.8 Å². The van der Waals surface area contributed by atoms with E-state index in [9.17, 15) is 14.4 Å². The van der Waals surface area contributed by atoms with Crippen LogP contribution in [0.4, 0.5) is 5.69 Å². The molecule has 1 aromatic carbocycles. The lowest BCUT2D eigenvalue weighted by Gasteiger charge is -2.40. The minimum Gasteiger partial charge on any atom is -0.462 e. The van der Waals surface area contributed by atoms with Gasteiger partial charge in [-0.2, -0.15) is 0 Å². The monoisotopic (exact) mass is 448 g/mol. The third kappa shape index (κ3) is 2.49. The molecule has 1 spiro atoms. The van der Waals surface area contributed by atoms with Gasteiger partial charge in [-0.25, -0.2) is 9.59 Å². The average Bonchev–Trinajstić information content (AvgIpc) is 2.96. The largest absolute Gasteiger partial charge is 0.462 e. The van der Waals surface area contributed by atoms with Crippen molar-refractivity contribution >= 4 is 23.1 Å². The van der Waals surface area contributed by atoms with Gasteiger partial charge in [-0.1, -0.05) is 24.3 Å². The van der Waals surface area contributed by atoms with Crippen LogP contribution >= 0.6 is 0 Å². The number of allylic oxidation sites excluding steroid dienone is 1. The number of fused-ring (bicyclic) bond motifs is 3. The molecular formula is C25H24N2O6. The Morgan fingerprint density at radius 2 is 1.94 bits per heavy atom. The topological polar surface area (TPSA) is 112 Å². The Kier molecular flexibility index (Phi) is 4.21. The summed E-state index contributed by atoms with van der Waals surface area (Å²) in [6, 6.07) is 6.95. The van der Waals surface area contributed by atoms with E-state index in [2.05, 4.69) is 0 Å². The highest BCUT2D eigenvalue weighted by molar-refractivity contribution is 6.21. The minimum absolute atomic E-state index is 0.0536. The van der Waals surface area contributed by atoms with E-state index in [-0.39, 0.29) is 29.4 Å². The molecule has 3 aliphatic heterocycles. The maximum atomic E-state index is 14.5. The number of aryl methyl sites for hydroxylation is 1. The van der Waals surface area contributed by atoms with Gasteiger partial charge in [-0.15, -0.1) is 0 Å². The van der Waals surface area contributed by atoms with Crippen molar-refractivity contribution in [2.45, 2.75) is 45.6 Å². The summed E-state index contributed by atoms with van der Waals surface area (Å²) in [6.45, 7) is 9.08. The second-order valence-electron chi connectivity index (χ2n) is 9.02. The molecule has 5 rings (SSSR count). The normalized spacial score (nSPS) is 22.0. The summed E-state index contributed by atoms with van der Waals surface area (Å²) in [6.07, 6.45) is 1.99. The van der Waals surface area contributed by atoms with E-state index in [0.29, 0.717) is 17.0 Å². The molecule has 33 heavy (non-hydrogen) atoms. The van der Waals surface area contributed by atoms with Crippen LogP contribution < -0.4 is 21.0 Å². The number of benzene rings is 1. The van der Waals surface area contributed by atoms with Gasteiger partial charge in [0.1, 0.15) is 28.1 Å². The van der Waals surface area contributed by atoms with Gasteiger partial charge in [0.25, 0.3) is 0 Å². The first-order chi connectivity index (χ1) is 15.6. The smallest absolute Gasteiger partial charge is 0.344 e. The van der Waals surface area contributed by atoms with Gasteiger partial charge >= 0.3 is 11.6 Å². The number of para-hydroxylation sites is 1. The fourth-order valence-electron chi connectivity index (χ4n) is 5.43. The van der Waals surface area contributed by atoms with Crippen molar-refractivity contribution in [1.82, 2.24) is 0 Å². The zero-order valence-electron chi connectivity index (χ0n) is 19.1. The third-order valence-corrected chi connectivity index (χ3v) is 6.49. The van der Waals surface area contributed by atoms with E-state index in [1.165, 1.54) is 6.07 Å². The number of hydrogen-bond acceptors (Lipinski definition) is 7. The molecular weight excluding hydrogens is 424 g/mol. The Labute approximate surface area is 190 Å². The molecule has 0 saturated carbocycles. The number of nitrogens with zero attached hydrogens (tertiary/aromatic N) is 1. The fraction of sp³-hybridized carbons (Fsp3) is 0.320. The first-order valence-electron chi connectivity index (χ1n) is 10.7. The SMILES string of the molecule is CCOC(=O)C1=C(N)Oc2cc(C)oc(=O)c2[C@]12C(=O)N1c3c(cccc32)C(C)=CC1(C)C. The van der Waals surface area contributed by atoms with E-state index >= 15 is 0 Å². The lowest BCUT2D eigenvalue weighted by atomic mass is 9.68. The highest BCUT2D eigenvalue weighted by Gasteiger charge is 2.65. The second-order valence-corrected chi connectivity index (χ2v) is 9.02. The second kappa shape index (κ2) is 6.60. The first kappa shape index (κ1) is 21.1. The highest BCUT2D eigenvalue weighted by atomic mass is 16.5. The van der Waals surface area contributed by atoms with Gasteiger partial charge in [-0.3, -0.25) is 4.79 Å². The van der Waals surface area contributed by atoms with E-state index in [1.807, 2.05) is 32.9 Å². The minimum atomic E-state index is -1.86. The maximum absolute atomic E-state index is 14.5. The van der Waals surface area contributed by atoms with Crippen LogP contribution in [-0.2, 0) is 19.7 Å². The Morgan fingerprint density at radius 1 is 1.21 bits per heavy atom. The average molecular weight is 448 g/mol. The van der Waals surface area contributed by atoms with Crippen LogP contribution in [0.1, 0.15) is 50.1 Å². The number of rotatable bonds is 2. The quantitative estimate of drug-likeness (QED) is 0.703. The van der Waals surface area contributed by atoms with Gasteiger partial charge < -0.3 is 24.5 Å². The molecule has 0 radical (unpaired) electrons. The van der Waals surface area contributed by atoms with Crippen molar-refractivity contribution in [2.75, 3.05) is 11.5 Å². The summed E-state index contributed by atoms with van der Waals surface area (Å²) < 4.78 is 16.4. The summed E-state index contributed by atoms with van der Waals surface area (Å²) in [7, 11) is 0. The van der Waals surface area contributed by atoms with Crippen LogP contribution in [0.3, 0.4) is 0 Å². The van der Waals surface area contributed by atoms with E-state index in [1.54, 1.807) is 30.9 Å². The number of carbonyl (C=O) groups is 2. The lowest BCUT2D eigenvalue weighted by Crippen LogP contribution is -2.55. The molecule has 0 saturated heterocycles. The van der Waals surface area contributed by atoms with Crippen molar-refractivity contribution in [3.05, 3.63) is 74.7 Å². The molecule has 0 unspecified atom stereocenters. The summed E-state index contributed by atoms with van der Waals surface area (Å²) >= 11 is 0. The number of esters is 1. The predicted molar refractivity (Wildman–Crippen MR) is 121 cm³/mol. The molecule has 1 aromatic heterocycles. The van der Waals surface area contributed by atoms with Crippen LogP contribution in [0.5, 0.6) is 5.75 Å². The lowest BCUT2D eigenvalue weighted by molar-refractivity contribution is -0.141. The van der Waals surface area contributed by atoms with Crippen LogP contribution in [0.2, 0.25) is 0 Å². The predicted octanol–water partition coefficient (Wildman–Crippen LogP) is 2.90. The van der Waals surface area contributed by atoms with Gasteiger partial charge in [-0.05, 0) is 40.2 Å². The molecule has 2 aromatic rings. The summed E-state index contributed by atoms with van der Waals surface area (Å²) in [5, 5.41) is 0. The Balaban J connectivity index is 1.98. The molecule has 4 heterocycles. The van der Waals surface area contributed by atoms with E-state index in [4.69, 9.17) is 19.6 Å². The highest BCUT2D eigenvalue weighted by Crippen LogP contribution is 2.59. The van der Waals surface area contributed by atoms with Gasteiger partial charge in [0, 0.05) is 17.2 Å². The Morgan fingerprint density at radius 3 is 2.64 bits per heavy atom. The van der Waals surface area contributed by atoms with Gasteiger partial charge in [0.2, 0.25) is 11.8 Å². The Bertz CT molecular complexity index is 1380. The van der Waals surface area contributed by atoms with Crippen molar-refractivity contribution in [3.8, 4) is 5.75 Å². The van der Waals surface area contributed by atoms with Crippen molar-refractivity contribution in [2.24, 2.45) is 5.73 Å². The van der Waals surface area contributed by atoms with Gasteiger partial charge in [0.15, 0.2) is 0 Å². The third-order valence-electron chi connectivity index (χ3n) is 6.49. The standard InChI is InChI=1S/C25H24N2O6/c1-6-31-21(28)18-20(26)33-16-10-13(3)32-22(29)17(16)25(18)15-9-7-8-14-12(2)11-24(4,5)27(19(14)15)23(25)30/h7-11H,6,26H2,1-5H3/t25-/m0/s1. The number of ether oxygens (including phenoxy) is 2. The van der Waals surface area contributed by atoms with Crippen molar-refractivity contribution in [1.29, 1.82) is 0 Å². The molecule has 0 aliphatic carbocycles. The molecule has 8 heteroatoms. The number of carbonyl (C=O) groups excluding carboxylic acids is 2. The van der Waals surface area contributed by atoms with Crippen LogP contribution in [-0.4, -0.2) is 24.0 Å². The van der Waals surface area contributed by atoms with Crippen LogP contribution in [0.15, 0.2) is 51.0 Å².